The molecule has 6 heteroatoms. The number of anilines is 1. The topological polar surface area (TPSA) is 66.4 Å². The van der Waals surface area contributed by atoms with E-state index in [0.29, 0.717) is 11.4 Å². The van der Waals surface area contributed by atoms with Gasteiger partial charge in [0.25, 0.3) is 0 Å². The molecule has 0 aliphatic carbocycles. The number of phenols is 1. The van der Waals surface area contributed by atoms with E-state index in [-0.39, 0.29) is 17.2 Å². The molecule has 0 aromatic heterocycles. The minimum Gasteiger partial charge on any atom is -0.506 e. The Hall–Kier alpha value is -0.940. The number of rotatable bonds is 4. The van der Waals surface area contributed by atoms with Gasteiger partial charge in [0, 0.05) is 5.02 Å². The SMILES string of the molecule is CCCS(=O)(=O)Nc1cc(Cl)ccc1O. The van der Waals surface area contributed by atoms with Gasteiger partial charge in [-0.1, -0.05) is 18.5 Å². The van der Waals surface area contributed by atoms with Gasteiger partial charge in [0.15, 0.2) is 0 Å². The van der Waals surface area contributed by atoms with Crippen LogP contribution >= 0.6 is 11.6 Å². The van der Waals surface area contributed by atoms with E-state index in [2.05, 4.69) is 4.72 Å². The van der Waals surface area contributed by atoms with Crippen molar-refractivity contribution in [3.05, 3.63) is 23.2 Å². The predicted molar refractivity (Wildman–Crippen MR) is 60.8 cm³/mol. The number of phenolic OH excluding ortho intramolecular Hbond substituents is 1. The van der Waals surface area contributed by atoms with Gasteiger partial charge in [0.1, 0.15) is 5.75 Å². The predicted octanol–water partition coefficient (Wildman–Crippen LogP) is 2.20. The van der Waals surface area contributed by atoms with E-state index in [0.717, 1.165) is 0 Å². The molecule has 0 unspecified atom stereocenters. The fraction of sp³-hybridized carbons (Fsp3) is 0.333. The molecule has 0 spiro atoms. The first-order valence-corrected chi connectivity index (χ1v) is 6.46. The molecule has 1 rings (SSSR count). The second-order valence-electron chi connectivity index (χ2n) is 3.08. The molecule has 0 heterocycles. The summed E-state index contributed by atoms with van der Waals surface area (Å²) < 4.78 is 25.1. The van der Waals surface area contributed by atoms with Crippen molar-refractivity contribution in [1.29, 1.82) is 0 Å². The van der Waals surface area contributed by atoms with Crippen molar-refractivity contribution in [3.8, 4) is 5.75 Å². The highest BCUT2D eigenvalue weighted by atomic mass is 35.5. The number of nitrogens with one attached hydrogen (secondary N) is 1. The van der Waals surface area contributed by atoms with E-state index in [4.69, 9.17) is 11.6 Å². The van der Waals surface area contributed by atoms with Gasteiger partial charge in [-0.15, -0.1) is 0 Å². The van der Waals surface area contributed by atoms with Crippen molar-refractivity contribution < 1.29 is 13.5 Å². The lowest BCUT2D eigenvalue weighted by atomic mass is 10.3. The van der Waals surface area contributed by atoms with Gasteiger partial charge in [-0.25, -0.2) is 8.42 Å². The molecule has 0 saturated heterocycles. The maximum atomic E-state index is 11.4. The summed E-state index contributed by atoms with van der Waals surface area (Å²) >= 11 is 5.68. The summed E-state index contributed by atoms with van der Waals surface area (Å²) in [6.45, 7) is 1.76. The van der Waals surface area contributed by atoms with Crippen LogP contribution in [0, 0.1) is 0 Å². The average molecular weight is 250 g/mol. The molecule has 0 aliphatic rings. The Morgan fingerprint density at radius 1 is 1.47 bits per heavy atom. The van der Waals surface area contributed by atoms with Crippen LogP contribution in [0.5, 0.6) is 5.75 Å². The molecule has 0 aliphatic heterocycles. The lowest BCUT2D eigenvalue weighted by molar-refractivity contribution is 0.477. The van der Waals surface area contributed by atoms with Crippen LogP contribution in [0.15, 0.2) is 18.2 Å². The number of sulfonamides is 1. The molecule has 2 N–H and O–H groups in total. The van der Waals surface area contributed by atoms with Crippen molar-refractivity contribution in [3.63, 3.8) is 0 Å². The van der Waals surface area contributed by atoms with Crippen molar-refractivity contribution in [2.45, 2.75) is 13.3 Å². The van der Waals surface area contributed by atoms with Crippen molar-refractivity contribution >= 4 is 27.3 Å². The fourth-order valence-corrected chi connectivity index (χ4v) is 2.39. The van der Waals surface area contributed by atoms with Crippen molar-refractivity contribution in [2.24, 2.45) is 0 Å². The largest absolute Gasteiger partial charge is 0.506 e. The maximum Gasteiger partial charge on any atom is 0.232 e. The molecule has 0 radical (unpaired) electrons. The minimum atomic E-state index is -3.39. The van der Waals surface area contributed by atoms with Gasteiger partial charge in [-0.3, -0.25) is 4.72 Å². The van der Waals surface area contributed by atoms with E-state index < -0.39 is 10.0 Å². The summed E-state index contributed by atoms with van der Waals surface area (Å²) in [5.41, 5.74) is 0.107. The molecule has 84 valence electrons. The first kappa shape index (κ1) is 12.1. The van der Waals surface area contributed by atoms with Crippen LogP contribution < -0.4 is 4.72 Å². The molecule has 0 bridgehead atoms. The number of hydrogen-bond acceptors (Lipinski definition) is 3. The molecule has 0 atom stereocenters. The molecule has 0 saturated carbocycles. The summed E-state index contributed by atoms with van der Waals surface area (Å²) in [6, 6.07) is 4.19. The monoisotopic (exact) mass is 249 g/mol. The lowest BCUT2D eigenvalue weighted by Crippen LogP contribution is -2.16. The summed E-state index contributed by atoms with van der Waals surface area (Å²) in [4.78, 5) is 0. The third-order valence-electron chi connectivity index (χ3n) is 1.70. The zero-order chi connectivity index (χ0) is 11.5. The number of aromatic hydroxyl groups is 1. The standard InChI is InChI=1S/C9H12ClNO3S/c1-2-5-15(13,14)11-8-6-7(10)3-4-9(8)12/h3-4,6,11-12H,2,5H2,1H3. The summed E-state index contributed by atoms with van der Waals surface area (Å²) in [7, 11) is -3.39. The Kier molecular flexibility index (Phi) is 3.82. The smallest absolute Gasteiger partial charge is 0.232 e. The molecule has 15 heavy (non-hydrogen) atoms. The van der Waals surface area contributed by atoms with Gasteiger partial charge >= 0.3 is 0 Å². The average Bonchev–Trinajstić information content (AvgIpc) is 2.10. The van der Waals surface area contributed by atoms with Crippen molar-refractivity contribution in [2.75, 3.05) is 10.5 Å². The van der Waals surface area contributed by atoms with Crippen LogP contribution in [0.2, 0.25) is 5.02 Å². The highest BCUT2D eigenvalue weighted by molar-refractivity contribution is 7.92. The van der Waals surface area contributed by atoms with Crippen LogP contribution in [0.1, 0.15) is 13.3 Å². The first-order chi connectivity index (χ1) is 6.94. The first-order valence-electron chi connectivity index (χ1n) is 4.43. The van der Waals surface area contributed by atoms with Gasteiger partial charge in [0.05, 0.1) is 11.4 Å². The quantitative estimate of drug-likeness (QED) is 0.804. The van der Waals surface area contributed by atoms with E-state index in [1.807, 2.05) is 0 Å². The summed E-state index contributed by atoms with van der Waals surface area (Å²) in [6.07, 6.45) is 0.511. The Bertz CT molecular complexity index is 445. The maximum absolute atomic E-state index is 11.4. The third kappa shape index (κ3) is 3.60. The summed E-state index contributed by atoms with van der Waals surface area (Å²) in [5.74, 6) is -0.127. The zero-order valence-electron chi connectivity index (χ0n) is 8.20. The molecular weight excluding hydrogens is 238 g/mol. The van der Waals surface area contributed by atoms with E-state index >= 15 is 0 Å². The molecule has 1 aromatic carbocycles. The van der Waals surface area contributed by atoms with Crippen LogP contribution in [-0.2, 0) is 10.0 Å². The van der Waals surface area contributed by atoms with Gasteiger partial charge in [-0.05, 0) is 24.6 Å². The lowest BCUT2D eigenvalue weighted by Gasteiger charge is -2.08. The van der Waals surface area contributed by atoms with Crippen molar-refractivity contribution in [1.82, 2.24) is 0 Å². The second kappa shape index (κ2) is 4.72. The van der Waals surface area contributed by atoms with Gasteiger partial charge in [-0.2, -0.15) is 0 Å². The summed E-state index contributed by atoms with van der Waals surface area (Å²) in [5, 5.41) is 9.74. The molecule has 0 amide bonds. The number of benzene rings is 1. The van der Waals surface area contributed by atoms with E-state index in [1.54, 1.807) is 6.92 Å². The van der Waals surface area contributed by atoms with Crippen LogP contribution in [-0.4, -0.2) is 19.3 Å². The molecule has 1 aromatic rings. The Balaban J connectivity index is 2.94. The van der Waals surface area contributed by atoms with E-state index in [9.17, 15) is 13.5 Å². The minimum absolute atomic E-state index is 0.0129. The molecule has 4 nitrogen and oxygen atoms in total. The Labute approximate surface area is 93.9 Å². The molecule has 0 fully saturated rings. The zero-order valence-corrected chi connectivity index (χ0v) is 9.77. The highest BCUT2D eigenvalue weighted by Crippen LogP contribution is 2.27. The Morgan fingerprint density at radius 2 is 2.13 bits per heavy atom. The van der Waals surface area contributed by atoms with Crippen LogP contribution in [0.25, 0.3) is 0 Å². The second-order valence-corrected chi connectivity index (χ2v) is 5.36. The number of halogens is 1. The molecular formula is C9H12ClNO3S. The third-order valence-corrected chi connectivity index (χ3v) is 3.41. The fourth-order valence-electron chi connectivity index (χ4n) is 1.08. The van der Waals surface area contributed by atoms with Gasteiger partial charge < -0.3 is 5.11 Å². The Morgan fingerprint density at radius 3 is 2.73 bits per heavy atom. The normalized spacial score (nSPS) is 11.3. The van der Waals surface area contributed by atoms with Crippen LogP contribution in [0.4, 0.5) is 5.69 Å². The number of hydrogen-bond donors (Lipinski definition) is 2. The van der Waals surface area contributed by atoms with E-state index in [1.165, 1.54) is 18.2 Å². The highest BCUT2D eigenvalue weighted by Gasteiger charge is 2.11. The van der Waals surface area contributed by atoms with Gasteiger partial charge in [0.2, 0.25) is 10.0 Å². The van der Waals surface area contributed by atoms with Crippen LogP contribution in [0.3, 0.4) is 0 Å².